The molecule has 0 spiro atoms. The molecule has 0 N–H and O–H groups in total. The summed E-state index contributed by atoms with van der Waals surface area (Å²) in [7, 11) is 0. The number of hydrogen-bond acceptors (Lipinski definition) is 0. The van der Waals surface area contributed by atoms with Crippen LogP contribution in [0.25, 0.3) is 0 Å². The molecule has 29 heavy (non-hydrogen) atoms. The van der Waals surface area contributed by atoms with Crippen molar-refractivity contribution in [2.75, 3.05) is 0 Å². The van der Waals surface area contributed by atoms with Gasteiger partial charge >= 0.3 is 0 Å². The molecule has 0 heteroatoms. The van der Waals surface area contributed by atoms with Gasteiger partial charge in [0.1, 0.15) is 0 Å². The topological polar surface area (TPSA) is 0 Å². The Balaban J connectivity index is 3.26. The van der Waals surface area contributed by atoms with Crippen molar-refractivity contribution in [1.29, 1.82) is 0 Å². The van der Waals surface area contributed by atoms with E-state index in [2.05, 4.69) is 20.8 Å². The summed E-state index contributed by atoms with van der Waals surface area (Å²) in [6.45, 7) is 10.3. The smallest absolute Gasteiger partial charge is 0.0417 e. The lowest BCUT2D eigenvalue weighted by Gasteiger charge is -2.14. The van der Waals surface area contributed by atoms with E-state index in [0.717, 1.165) is 18.8 Å². The Hall–Kier alpha value is 0. The fraction of sp³-hybridized carbons (Fsp3) is 0.931. The molecule has 1 atom stereocenters. The maximum Gasteiger partial charge on any atom is -0.0417 e. The van der Waals surface area contributed by atoms with Crippen LogP contribution in [0.5, 0.6) is 0 Å². The molecular formula is C29H58. The Kier molecular flexibility index (Phi) is 26.0. The molecule has 0 aliphatic heterocycles. The molecule has 0 saturated heterocycles. The molecule has 1 unspecified atom stereocenters. The standard InChI is InChI=1S/C29H58/c1-4-7-9-11-13-15-16-17-18-20-22-24-26-28-29(6-3)27-25-23-21-19-14-12-10-8-5-2/h29H,1-2,4-28H2,3H3. The van der Waals surface area contributed by atoms with Gasteiger partial charge in [-0.1, -0.05) is 181 Å². The van der Waals surface area contributed by atoms with Crippen molar-refractivity contribution in [3.05, 3.63) is 13.8 Å². The van der Waals surface area contributed by atoms with Crippen molar-refractivity contribution in [3.8, 4) is 0 Å². The highest BCUT2D eigenvalue weighted by molar-refractivity contribution is 4.59. The molecule has 0 aromatic carbocycles. The highest BCUT2D eigenvalue weighted by Crippen LogP contribution is 2.22. The summed E-state index contributed by atoms with van der Waals surface area (Å²) in [5.74, 6) is 1.01. The molecule has 0 heterocycles. The van der Waals surface area contributed by atoms with Crippen LogP contribution < -0.4 is 0 Å². The Morgan fingerprint density at radius 1 is 0.379 bits per heavy atom. The van der Waals surface area contributed by atoms with Gasteiger partial charge < -0.3 is 0 Å². The molecule has 0 nitrogen and oxygen atoms in total. The van der Waals surface area contributed by atoms with Crippen LogP contribution in [0, 0.1) is 19.8 Å². The Morgan fingerprint density at radius 2 is 0.621 bits per heavy atom. The quantitative estimate of drug-likeness (QED) is 0.132. The van der Waals surface area contributed by atoms with E-state index in [1.54, 1.807) is 0 Å². The molecule has 0 aliphatic carbocycles. The van der Waals surface area contributed by atoms with Crippen molar-refractivity contribution in [2.24, 2.45) is 5.92 Å². The molecule has 0 aliphatic rings. The van der Waals surface area contributed by atoms with E-state index in [0.29, 0.717) is 0 Å². The first kappa shape index (κ1) is 29.0. The molecule has 2 radical (unpaired) electrons. The molecule has 0 fully saturated rings. The summed E-state index contributed by atoms with van der Waals surface area (Å²) in [5, 5.41) is 0. The van der Waals surface area contributed by atoms with Crippen LogP contribution in [-0.4, -0.2) is 0 Å². The number of rotatable bonds is 25. The first-order chi connectivity index (χ1) is 14.3. The molecule has 0 rings (SSSR count). The van der Waals surface area contributed by atoms with Gasteiger partial charge in [0.25, 0.3) is 0 Å². The van der Waals surface area contributed by atoms with Crippen molar-refractivity contribution < 1.29 is 0 Å². The largest absolute Gasteiger partial charge is 0.0651 e. The van der Waals surface area contributed by atoms with Gasteiger partial charge in [-0.2, -0.15) is 0 Å². The number of hydrogen-bond donors (Lipinski definition) is 0. The molecule has 0 saturated carbocycles. The fourth-order valence-electron chi connectivity index (χ4n) is 4.60. The first-order valence-corrected chi connectivity index (χ1v) is 13.9. The lowest BCUT2D eigenvalue weighted by Crippen LogP contribution is -1.99. The van der Waals surface area contributed by atoms with Crippen molar-refractivity contribution in [3.63, 3.8) is 0 Å². The Labute approximate surface area is 187 Å². The van der Waals surface area contributed by atoms with E-state index < -0.39 is 0 Å². The lowest BCUT2D eigenvalue weighted by molar-refractivity contribution is 0.392. The highest BCUT2D eigenvalue weighted by atomic mass is 14.1. The van der Waals surface area contributed by atoms with Crippen LogP contribution >= 0.6 is 0 Å². The zero-order chi connectivity index (χ0) is 21.3. The predicted octanol–water partition coefficient (Wildman–Crippen LogP) is 11.0. The summed E-state index contributed by atoms with van der Waals surface area (Å²) in [6, 6.07) is 0. The number of unbranched alkanes of at least 4 members (excludes halogenated alkanes) is 20. The molecule has 0 aromatic heterocycles. The summed E-state index contributed by atoms with van der Waals surface area (Å²) in [6.07, 6.45) is 35.6. The van der Waals surface area contributed by atoms with E-state index in [1.165, 1.54) is 148 Å². The summed E-state index contributed by atoms with van der Waals surface area (Å²) in [5.41, 5.74) is 0. The second-order valence-corrected chi connectivity index (χ2v) is 9.63. The third kappa shape index (κ3) is 24.1. The van der Waals surface area contributed by atoms with E-state index in [4.69, 9.17) is 0 Å². The monoisotopic (exact) mass is 406 g/mol. The summed E-state index contributed by atoms with van der Waals surface area (Å²) in [4.78, 5) is 0. The summed E-state index contributed by atoms with van der Waals surface area (Å²) < 4.78 is 0. The van der Waals surface area contributed by atoms with Crippen LogP contribution in [-0.2, 0) is 0 Å². The molecule has 0 aromatic rings. The first-order valence-electron chi connectivity index (χ1n) is 13.9. The minimum atomic E-state index is 1.01. The minimum Gasteiger partial charge on any atom is -0.0651 e. The van der Waals surface area contributed by atoms with Crippen LogP contribution in [0.3, 0.4) is 0 Å². The summed E-state index contributed by atoms with van der Waals surface area (Å²) >= 11 is 0. The SMILES string of the molecule is [CH2]CCCCCCCCCCCCCCC(CC)CCCCCCCCCC[CH2]. The van der Waals surface area contributed by atoms with E-state index in [-0.39, 0.29) is 0 Å². The van der Waals surface area contributed by atoms with Crippen LogP contribution in [0.1, 0.15) is 167 Å². The van der Waals surface area contributed by atoms with Gasteiger partial charge in [0.05, 0.1) is 0 Å². The molecular weight excluding hydrogens is 348 g/mol. The maximum absolute atomic E-state index is 3.93. The van der Waals surface area contributed by atoms with E-state index >= 15 is 0 Å². The van der Waals surface area contributed by atoms with Crippen molar-refractivity contribution in [1.82, 2.24) is 0 Å². The van der Waals surface area contributed by atoms with Gasteiger partial charge in [0.15, 0.2) is 0 Å². The van der Waals surface area contributed by atoms with Gasteiger partial charge in [-0.25, -0.2) is 0 Å². The second kappa shape index (κ2) is 26.0. The zero-order valence-electron chi connectivity index (χ0n) is 20.7. The predicted molar refractivity (Wildman–Crippen MR) is 135 cm³/mol. The van der Waals surface area contributed by atoms with Crippen molar-refractivity contribution >= 4 is 0 Å². The Morgan fingerprint density at radius 3 is 0.862 bits per heavy atom. The highest BCUT2D eigenvalue weighted by Gasteiger charge is 2.06. The van der Waals surface area contributed by atoms with Gasteiger partial charge in [-0.05, 0) is 5.92 Å². The van der Waals surface area contributed by atoms with Crippen LogP contribution in [0.4, 0.5) is 0 Å². The van der Waals surface area contributed by atoms with Crippen LogP contribution in [0.15, 0.2) is 0 Å². The lowest BCUT2D eigenvalue weighted by atomic mass is 9.92. The molecule has 174 valence electrons. The average molecular weight is 407 g/mol. The Bertz CT molecular complexity index is 269. The fourth-order valence-corrected chi connectivity index (χ4v) is 4.60. The van der Waals surface area contributed by atoms with Gasteiger partial charge in [-0.3, -0.25) is 0 Å². The third-order valence-electron chi connectivity index (χ3n) is 6.80. The van der Waals surface area contributed by atoms with Crippen LogP contribution in [0.2, 0.25) is 0 Å². The average Bonchev–Trinajstić information content (AvgIpc) is 2.74. The maximum atomic E-state index is 3.93. The van der Waals surface area contributed by atoms with Crippen molar-refractivity contribution in [2.45, 2.75) is 167 Å². The van der Waals surface area contributed by atoms with Gasteiger partial charge in [0, 0.05) is 0 Å². The van der Waals surface area contributed by atoms with E-state index in [9.17, 15) is 0 Å². The minimum absolute atomic E-state index is 1.01. The molecule has 0 bridgehead atoms. The second-order valence-electron chi connectivity index (χ2n) is 9.63. The normalized spacial score (nSPS) is 12.5. The zero-order valence-corrected chi connectivity index (χ0v) is 20.7. The van der Waals surface area contributed by atoms with E-state index in [1.807, 2.05) is 0 Å². The third-order valence-corrected chi connectivity index (χ3v) is 6.80. The molecule has 0 amide bonds. The van der Waals surface area contributed by atoms with Gasteiger partial charge in [-0.15, -0.1) is 0 Å². The van der Waals surface area contributed by atoms with Gasteiger partial charge in [0.2, 0.25) is 0 Å².